The van der Waals surface area contributed by atoms with E-state index in [9.17, 15) is 9.59 Å². The second kappa shape index (κ2) is 17.5. The first-order chi connectivity index (χ1) is 10.3. The molecular formula is C17H37N3O2. The van der Waals surface area contributed by atoms with Crippen LogP contribution in [0.15, 0.2) is 12.3 Å². The maximum Gasteiger partial charge on any atom is 0.243 e. The highest BCUT2D eigenvalue weighted by molar-refractivity contribution is 5.87. The van der Waals surface area contributed by atoms with Gasteiger partial charge in [-0.2, -0.15) is 0 Å². The van der Waals surface area contributed by atoms with Gasteiger partial charge in [0.15, 0.2) is 0 Å². The van der Waals surface area contributed by atoms with Gasteiger partial charge in [0.1, 0.15) is 6.04 Å². The largest absolute Gasteiger partial charge is 0.378 e. The predicted octanol–water partition coefficient (Wildman–Crippen LogP) is 2.83. The quantitative estimate of drug-likeness (QED) is 0.676. The molecule has 0 aliphatic carbocycles. The zero-order valence-electron chi connectivity index (χ0n) is 15.8. The number of hydrogen-bond donors (Lipinski definition) is 3. The van der Waals surface area contributed by atoms with Gasteiger partial charge in [-0.3, -0.25) is 9.59 Å². The molecule has 0 aliphatic rings. The molecule has 0 saturated heterocycles. The van der Waals surface area contributed by atoms with Crippen molar-refractivity contribution in [2.45, 2.75) is 67.3 Å². The van der Waals surface area contributed by atoms with Gasteiger partial charge >= 0.3 is 0 Å². The minimum Gasteiger partial charge on any atom is -0.378 e. The summed E-state index contributed by atoms with van der Waals surface area (Å²) in [5, 5.41) is 8.08. The van der Waals surface area contributed by atoms with E-state index in [1.807, 2.05) is 27.7 Å². The van der Waals surface area contributed by atoms with E-state index in [0.29, 0.717) is 0 Å². The van der Waals surface area contributed by atoms with Crippen molar-refractivity contribution < 1.29 is 9.59 Å². The summed E-state index contributed by atoms with van der Waals surface area (Å²) in [4.78, 5) is 22.9. The standard InChI is InChI=1S/C12H23N3O2.C3H8.C2H6/c1-6-9(4)11(15-8(2)3)12(17)14-7-10(16)13-5;1-3-2;1-2/h9,11,15H,2,6-7H2,1,3-5H3,(H,13,16)(H,14,17);3H2,1-2H3;1-2H3/t9-,11?;;/m0../s1. The van der Waals surface area contributed by atoms with Crippen molar-refractivity contribution in [2.75, 3.05) is 13.6 Å². The van der Waals surface area contributed by atoms with Crippen molar-refractivity contribution in [1.29, 1.82) is 0 Å². The van der Waals surface area contributed by atoms with Crippen LogP contribution in [0.25, 0.3) is 0 Å². The van der Waals surface area contributed by atoms with Crippen molar-refractivity contribution in [3.8, 4) is 0 Å². The Morgan fingerprint density at radius 2 is 1.59 bits per heavy atom. The Balaban J connectivity index is -0.000000637. The van der Waals surface area contributed by atoms with Crippen LogP contribution >= 0.6 is 0 Å². The fraction of sp³-hybridized carbons (Fsp3) is 0.765. The first-order valence-corrected chi connectivity index (χ1v) is 8.24. The maximum atomic E-state index is 11.9. The van der Waals surface area contributed by atoms with Crippen molar-refractivity contribution >= 4 is 11.8 Å². The molecule has 0 fully saturated rings. The van der Waals surface area contributed by atoms with E-state index < -0.39 is 0 Å². The Morgan fingerprint density at radius 1 is 1.14 bits per heavy atom. The third-order valence-electron chi connectivity index (χ3n) is 2.60. The molecule has 1 unspecified atom stereocenters. The van der Waals surface area contributed by atoms with E-state index in [1.165, 1.54) is 13.5 Å². The Hall–Kier alpha value is -1.52. The molecule has 22 heavy (non-hydrogen) atoms. The summed E-state index contributed by atoms with van der Waals surface area (Å²) in [6, 6.07) is -0.345. The smallest absolute Gasteiger partial charge is 0.243 e. The summed E-state index contributed by atoms with van der Waals surface area (Å²) in [5.41, 5.74) is 0.741. The molecule has 0 aromatic rings. The number of carbonyl (C=O) groups is 2. The molecule has 0 aromatic heterocycles. The predicted molar refractivity (Wildman–Crippen MR) is 95.6 cm³/mol. The van der Waals surface area contributed by atoms with Crippen LogP contribution in [0.5, 0.6) is 0 Å². The Kier molecular flexibility index (Phi) is 20.3. The lowest BCUT2D eigenvalue weighted by atomic mass is 9.98. The van der Waals surface area contributed by atoms with Gasteiger partial charge in [0.25, 0.3) is 0 Å². The first kappa shape index (κ1) is 25.4. The van der Waals surface area contributed by atoms with E-state index in [1.54, 1.807) is 6.92 Å². The minimum atomic E-state index is -0.345. The number of carbonyl (C=O) groups excluding carboxylic acids is 2. The fourth-order valence-electron chi connectivity index (χ4n) is 1.33. The van der Waals surface area contributed by atoms with E-state index >= 15 is 0 Å². The van der Waals surface area contributed by atoms with Crippen molar-refractivity contribution in [3.63, 3.8) is 0 Å². The highest BCUT2D eigenvalue weighted by Crippen LogP contribution is 2.09. The van der Waals surface area contributed by atoms with Crippen LogP contribution in [-0.2, 0) is 9.59 Å². The highest BCUT2D eigenvalue weighted by Gasteiger charge is 2.23. The maximum absolute atomic E-state index is 11.9. The van der Waals surface area contributed by atoms with Crippen molar-refractivity contribution in [2.24, 2.45) is 5.92 Å². The lowest BCUT2D eigenvalue weighted by molar-refractivity contribution is -0.127. The van der Waals surface area contributed by atoms with Crippen LogP contribution in [0.3, 0.4) is 0 Å². The van der Waals surface area contributed by atoms with Gasteiger partial charge in [-0.1, -0.05) is 61.0 Å². The number of allylic oxidation sites excluding steroid dienone is 1. The SMILES string of the molecule is C=C(C)NC(C(=O)NCC(=O)NC)[C@@H](C)CC.CC.CCC. The lowest BCUT2D eigenvalue weighted by Crippen LogP contribution is -2.49. The second-order valence-corrected chi connectivity index (χ2v) is 4.89. The zero-order chi connectivity index (χ0) is 18.1. The minimum absolute atomic E-state index is 0.000137. The molecule has 0 heterocycles. The third kappa shape index (κ3) is 14.9. The van der Waals surface area contributed by atoms with Crippen molar-refractivity contribution in [1.82, 2.24) is 16.0 Å². The number of amides is 2. The molecule has 132 valence electrons. The Labute approximate surface area is 137 Å². The topological polar surface area (TPSA) is 70.2 Å². The number of nitrogens with one attached hydrogen (secondary N) is 3. The average molecular weight is 316 g/mol. The summed E-state index contributed by atoms with van der Waals surface area (Å²) in [5.74, 6) is -0.209. The molecule has 5 nitrogen and oxygen atoms in total. The van der Waals surface area contributed by atoms with Gasteiger partial charge in [-0.05, 0) is 12.8 Å². The molecule has 5 heteroatoms. The highest BCUT2D eigenvalue weighted by atomic mass is 16.2. The van der Waals surface area contributed by atoms with E-state index in [-0.39, 0.29) is 30.3 Å². The molecule has 2 amide bonds. The zero-order valence-corrected chi connectivity index (χ0v) is 15.8. The normalized spacial score (nSPS) is 11.5. The molecule has 0 saturated carbocycles. The summed E-state index contributed by atoms with van der Waals surface area (Å²) in [6.07, 6.45) is 2.12. The summed E-state index contributed by atoms with van der Waals surface area (Å²) in [7, 11) is 1.53. The average Bonchev–Trinajstić information content (AvgIpc) is 2.51. The van der Waals surface area contributed by atoms with E-state index in [4.69, 9.17) is 0 Å². The molecule has 0 spiro atoms. The Morgan fingerprint density at radius 3 is 1.91 bits per heavy atom. The number of likely N-dealkylation sites (N-methyl/N-ethyl adjacent to an activating group) is 1. The van der Waals surface area contributed by atoms with Gasteiger partial charge in [0, 0.05) is 12.7 Å². The fourth-order valence-corrected chi connectivity index (χ4v) is 1.33. The van der Waals surface area contributed by atoms with Crippen LogP contribution in [0, 0.1) is 5.92 Å². The molecule has 2 atom stereocenters. The van der Waals surface area contributed by atoms with Crippen LogP contribution in [0.1, 0.15) is 61.3 Å². The molecule has 3 N–H and O–H groups in total. The number of rotatable bonds is 7. The molecular weight excluding hydrogens is 278 g/mol. The van der Waals surface area contributed by atoms with Crippen LogP contribution in [0.2, 0.25) is 0 Å². The summed E-state index contributed by atoms with van der Waals surface area (Å²) < 4.78 is 0. The van der Waals surface area contributed by atoms with E-state index in [2.05, 4.69) is 36.4 Å². The van der Waals surface area contributed by atoms with Crippen molar-refractivity contribution in [3.05, 3.63) is 12.3 Å². The third-order valence-corrected chi connectivity index (χ3v) is 2.60. The van der Waals surface area contributed by atoms with Gasteiger partial charge < -0.3 is 16.0 Å². The van der Waals surface area contributed by atoms with Gasteiger partial charge in [-0.15, -0.1) is 0 Å². The monoisotopic (exact) mass is 315 g/mol. The molecule has 0 radical (unpaired) electrons. The number of hydrogen-bond acceptors (Lipinski definition) is 3. The molecule has 0 rings (SSSR count). The van der Waals surface area contributed by atoms with E-state index in [0.717, 1.165) is 12.1 Å². The van der Waals surface area contributed by atoms with Crippen LogP contribution in [-0.4, -0.2) is 31.4 Å². The van der Waals surface area contributed by atoms with Gasteiger partial charge in [-0.25, -0.2) is 0 Å². The van der Waals surface area contributed by atoms with Crippen LogP contribution in [0.4, 0.5) is 0 Å². The Bertz CT molecular complexity index is 304. The molecule has 0 aliphatic heterocycles. The first-order valence-electron chi connectivity index (χ1n) is 8.24. The van der Waals surface area contributed by atoms with Crippen LogP contribution < -0.4 is 16.0 Å². The summed E-state index contributed by atoms with van der Waals surface area (Å²) in [6.45, 7) is 17.8. The van der Waals surface area contributed by atoms with Gasteiger partial charge in [0.05, 0.1) is 6.54 Å². The van der Waals surface area contributed by atoms with Gasteiger partial charge in [0.2, 0.25) is 11.8 Å². The molecule has 0 bridgehead atoms. The summed E-state index contributed by atoms with van der Waals surface area (Å²) >= 11 is 0. The lowest BCUT2D eigenvalue weighted by Gasteiger charge is -2.24. The molecule has 0 aromatic carbocycles. The second-order valence-electron chi connectivity index (χ2n) is 4.89.